The van der Waals surface area contributed by atoms with Gasteiger partial charge in [0.2, 0.25) is 0 Å². The Hall–Kier alpha value is -3.61. The molecule has 0 radical (unpaired) electrons. The number of aromatic amines is 1. The highest BCUT2D eigenvalue weighted by Crippen LogP contribution is 2.42. The number of pyridine rings is 1. The zero-order chi connectivity index (χ0) is 22.7. The van der Waals surface area contributed by atoms with Crippen molar-refractivity contribution in [1.82, 2.24) is 15.1 Å². The van der Waals surface area contributed by atoms with E-state index in [4.69, 9.17) is 14.3 Å². The van der Waals surface area contributed by atoms with Crippen LogP contribution in [-0.4, -0.2) is 34.1 Å². The standard InChI is InChI=1S/C26H27N5O2/c1-13-23(14(2)33-31-13)19-11-21-18(12-22(19)32-4)24-25(28-15(3)29-26(24)30-21)17-9-10-27-20-8-6-5-7-16(17)20/h9-12,15,29-30H,5-8H2,1-4H3. The molecule has 4 heterocycles. The second-order valence-electron chi connectivity index (χ2n) is 8.96. The molecule has 2 aliphatic rings. The molecule has 0 bridgehead atoms. The largest absolute Gasteiger partial charge is 0.496 e. The molecule has 0 saturated carbocycles. The van der Waals surface area contributed by atoms with Gasteiger partial charge in [-0.25, -0.2) is 0 Å². The molecule has 0 fully saturated rings. The zero-order valence-electron chi connectivity index (χ0n) is 19.4. The number of fused-ring (bicyclic) bond motifs is 4. The Kier molecular flexibility index (Phi) is 4.54. The van der Waals surface area contributed by atoms with Crippen molar-refractivity contribution in [3.05, 3.63) is 58.2 Å². The number of hydrogen-bond acceptors (Lipinski definition) is 6. The van der Waals surface area contributed by atoms with Crippen molar-refractivity contribution >= 4 is 22.4 Å². The molecule has 0 spiro atoms. The van der Waals surface area contributed by atoms with E-state index in [-0.39, 0.29) is 6.17 Å². The summed E-state index contributed by atoms with van der Waals surface area (Å²) in [5.74, 6) is 2.55. The predicted molar refractivity (Wildman–Crippen MR) is 129 cm³/mol. The summed E-state index contributed by atoms with van der Waals surface area (Å²) in [6.07, 6.45) is 6.39. The minimum atomic E-state index is -0.0307. The molecule has 1 aliphatic heterocycles. The lowest BCUT2D eigenvalue weighted by Gasteiger charge is -2.24. The highest BCUT2D eigenvalue weighted by molar-refractivity contribution is 6.24. The van der Waals surface area contributed by atoms with E-state index in [2.05, 4.69) is 45.6 Å². The van der Waals surface area contributed by atoms with Crippen molar-refractivity contribution in [2.45, 2.75) is 52.6 Å². The Morgan fingerprint density at radius 3 is 2.73 bits per heavy atom. The van der Waals surface area contributed by atoms with Crippen LogP contribution in [0.1, 0.15) is 53.6 Å². The number of aliphatic imine (C=N–C) groups is 1. The SMILES string of the molecule is COc1cc2c3c([nH]c2cc1-c1c(C)noc1C)NC(C)N=C3c1ccnc2c1CCCC2. The summed E-state index contributed by atoms with van der Waals surface area (Å²) in [6, 6.07) is 6.36. The van der Waals surface area contributed by atoms with E-state index in [0.717, 1.165) is 69.2 Å². The molecule has 168 valence electrons. The summed E-state index contributed by atoms with van der Waals surface area (Å²) in [6.45, 7) is 5.97. The predicted octanol–water partition coefficient (Wildman–Crippen LogP) is 5.33. The highest BCUT2D eigenvalue weighted by Gasteiger charge is 2.28. The molecule has 1 aromatic carbocycles. The first-order valence-electron chi connectivity index (χ1n) is 11.5. The van der Waals surface area contributed by atoms with Crippen LogP contribution in [0.5, 0.6) is 5.75 Å². The molecule has 0 amide bonds. The number of benzene rings is 1. The monoisotopic (exact) mass is 441 g/mol. The third-order valence-electron chi connectivity index (χ3n) is 6.82. The van der Waals surface area contributed by atoms with Crippen LogP contribution < -0.4 is 10.1 Å². The lowest BCUT2D eigenvalue weighted by molar-refractivity contribution is 0.393. The molecule has 1 aliphatic carbocycles. The minimum Gasteiger partial charge on any atom is -0.496 e. The maximum Gasteiger partial charge on any atom is 0.141 e. The lowest BCUT2D eigenvalue weighted by atomic mass is 9.88. The number of methoxy groups -OCH3 is 1. The second-order valence-corrected chi connectivity index (χ2v) is 8.96. The summed E-state index contributed by atoms with van der Waals surface area (Å²) in [5, 5.41) is 8.73. The molecule has 6 rings (SSSR count). The molecule has 0 saturated heterocycles. The molecule has 1 unspecified atom stereocenters. The Bertz CT molecular complexity index is 1410. The van der Waals surface area contributed by atoms with Crippen molar-refractivity contribution in [3.8, 4) is 16.9 Å². The Morgan fingerprint density at radius 2 is 1.94 bits per heavy atom. The molecular formula is C26H27N5O2. The van der Waals surface area contributed by atoms with E-state index in [1.165, 1.54) is 29.7 Å². The first kappa shape index (κ1) is 20.0. The average molecular weight is 442 g/mol. The van der Waals surface area contributed by atoms with Gasteiger partial charge >= 0.3 is 0 Å². The molecule has 33 heavy (non-hydrogen) atoms. The first-order chi connectivity index (χ1) is 16.0. The van der Waals surface area contributed by atoms with Gasteiger partial charge in [-0.15, -0.1) is 0 Å². The van der Waals surface area contributed by atoms with E-state index in [0.29, 0.717) is 0 Å². The number of anilines is 1. The smallest absolute Gasteiger partial charge is 0.141 e. The topological polar surface area (TPSA) is 88.3 Å². The average Bonchev–Trinajstić information content (AvgIpc) is 3.35. The van der Waals surface area contributed by atoms with Gasteiger partial charge in [-0.1, -0.05) is 5.16 Å². The van der Waals surface area contributed by atoms with E-state index >= 15 is 0 Å². The number of hydrogen-bond donors (Lipinski definition) is 2. The van der Waals surface area contributed by atoms with Gasteiger partial charge in [-0.2, -0.15) is 0 Å². The van der Waals surface area contributed by atoms with Gasteiger partial charge in [0.25, 0.3) is 0 Å². The number of aromatic nitrogens is 3. The van der Waals surface area contributed by atoms with Gasteiger partial charge in [0, 0.05) is 33.9 Å². The number of aryl methyl sites for hydroxylation is 3. The Labute approximate surface area is 192 Å². The van der Waals surface area contributed by atoms with Gasteiger partial charge in [-0.05, 0) is 70.2 Å². The molecule has 3 aromatic heterocycles. The second kappa shape index (κ2) is 7.47. The number of nitrogens with zero attached hydrogens (tertiary/aromatic N) is 3. The summed E-state index contributed by atoms with van der Waals surface area (Å²) >= 11 is 0. The van der Waals surface area contributed by atoms with Crippen LogP contribution in [0.3, 0.4) is 0 Å². The van der Waals surface area contributed by atoms with Crippen molar-refractivity contribution in [2.75, 3.05) is 12.4 Å². The molecular weight excluding hydrogens is 414 g/mol. The minimum absolute atomic E-state index is 0.0307. The summed E-state index contributed by atoms with van der Waals surface area (Å²) in [4.78, 5) is 13.3. The van der Waals surface area contributed by atoms with Crippen LogP contribution in [-0.2, 0) is 12.8 Å². The van der Waals surface area contributed by atoms with Gasteiger partial charge in [-0.3, -0.25) is 9.98 Å². The Morgan fingerprint density at radius 1 is 1.09 bits per heavy atom. The fourth-order valence-electron chi connectivity index (χ4n) is 5.36. The maximum absolute atomic E-state index is 5.85. The molecule has 1 atom stereocenters. The fraction of sp³-hybridized carbons (Fsp3) is 0.346. The lowest BCUT2D eigenvalue weighted by Crippen LogP contribution is -2.25. The molecule has 2 N–H and O–H groups in total. The normalized spacial score (nSPS) is 17.3. The van der Waals surface area contributed by atoms with E-state index in [1.807, 2.05) is 20.0 Å². The third kappa shape index (κ3) is 3.06. The van der Waals surface area contributed by atoms with Gasteiger partial charge < -0.3 is 19.6 Å². The molecule has 4 aromatic rings. The van der Waals surface area contributed by atoms with Crippen molar-refractivity contribution in [3.63, 3.8) is 0 Å². The van der Waals surface area contributed by atoms with E-state index in [1.54, 1.807) is 7.11 Å². The summed E-state index contributed by atoms with van der Waals surface area (Å²) in [7, 11) is 1.70. The van der Waals surface area contributed by atoms with Crippen LogP contribution in [0.4, 0.5) is 5.82 Å². The highest BCUT2D eigenvalue weighted by atomic mass is 16.5. The van der Waals surface area contributed by atoms with E-state index < -0.39 is 0 Å². The number of nitrogens with one attached hydrogen (secondary N) is 2. The third-order valence-corrected chi connectivity index (χ3v) is 6.82. The maximum atomic E-state index is 5.85. The fourth-order valence-corrected chi connectivity index (χ4v) is 5.36. The van der Waals surface area contributed by atoms with Gasteiger partial charge in [0.15, 0.2) is 0 Å². The quantitative estimate of drug-likeness (QED) is 0.449. The molecule has 7 nitrogen and oxygen atoms in total. The summed E-state index contributed by atoms with van der Waals surface area (Å²) in [5.41, 5.74) is 9.67. The van der Waals surface area contributed by atoms with Crippen molar-refractivity contribution in [1.29, 1.82) is 0 Å². The van der Waals surface area contributed by atoms with Crippen molar-refractivity contribution in [2.24, 2.45) is 4.99 Å². The van der Waals surface area contributed by atoms with Crippen molar-refractivity contribution < 1.29 is 9.26 Å². The number of rotatable bonds is 3. The number of ether oxygens (including phenoxy) is 1. The summed E-state index contributed by atoms with van der Waals surface area (Å²) < 4.78 is 11.3. The number of H-pyrrole nitrogens is 1. The van der Waals surface area contributed by atoms with Crippen LogP contribution in [0.25, 0.3) is 22.0 Å². The molecule has 7 heteroatoms. The van der Waals surface area contributed by atoms with E-state index in [9.17, 15) is 0 Å². The van der Waals surface area contributed by atoms with Crippen LogP contribution in [0, 0.1) is 13.8 Å². The van der Waals surface area contributed by atoms with Crippen LogP contribution >= 0.6 is 0 Å². The van der Waals surface area contributed by atoms with Gasteiger partial charge in [0.05, 0.1) is 29.6 Å². The van der Waals surface area contributed by atoms with Crippen LogP contribution in [0.15, 0.2) is 33.9 Å². The Balaban J connectivity index is 1.59. The van der Waals surface area contributed by atoms with Crippen LogP contribution in [0.2, 0.25) is 0 Å². The van der Waals surface area contributed by atoms with Gasteiger partial charge in [0.1, 0.15) is 23.5 Å². The first-order valence-corrected chi connectivity index (χ1v) is 11.5. The zero-order valence-corrected chi connectivity index (χ0v) is 19.4.